The lowest BCUT2D eigenvalue weighted by Gasteiger charge is -2.28. The maximum atomic E-state index is 5.24. The van der Waals surface area contributed by atoms with E-state index in [1.54, 1.807) is 6.33 Å². The van der Waals surface area contributed by atoms with Crippen molar-refractivity contribution in [3.63, 3.8) is 0 Å². The highest BCUT2D eigenvalue weighted by molar-refractivity contribution is 5.49. The van der Waals surface area contributed by atoms with E-state index < -0.39 is 0 Å². The van der Waals surface area contributed by atoms with Crippen molar-refractivity contribution in [2.45, 2.75) is 39.2 Å². The summed E-state index contributed by atoms with van der Waals surface area (Å²) in [4.78, 5) is 17.4. The van der Waals surface area contributed by atoms with Gasteiger partial charge >= 0.3 is 0 Å². The van der Waals surface area contributed by atoms with E-state index in [2.05, 4.69) is 25.0 Å². The molecular weight excluding hydrogens is 280 g/mol. The Hall–Kier alpha value is -2.18. The van der Waals surface area contributed by atoms with Gasteiger partial charge in [0.05, 0.1) is 6.54 Å². The molecule has 1 fully saturated rings. The van der Waals surface area contributed by atoms with Gasteiger partial charge in [0.25, 0.3) is 0 Å². The highest BCUT2D eigenvalue weighted by atomic mass is 16.5. The summed E-state index contributed by atoms with van der Waals surface area (Å²) in [6, 6.07) is 2.03. The molecule has 3 heterocycles. The highest BCUT2D eigenvalue weighted by Crippen LogP contribution is 2.21. The number of nitrogens with zero attached hydrogens (tertiary/aromatic N) is 6. The lowest BCUT2D eigenvalue weighted by molar-refractivity contribution is 0.373. The van der Waals surface area contributed by atoms with Crippen molar-refractivity contribution in [1.29, 1.82) is 0 Å². The molecule has 22 heavy (non-hydrogen) atoms. The number of piperidine rings is 1. The first-order valence-corrected chi connectivity index (χ1v) is 7.86. The molecule has 7 heteroatoms. The van der Waals surface area contributed by atoms with E-state index in [4.69, 9.17) is 4.52 Å². The van der Waals surface area contributed by atoms with Crippen LogP contribution in [0.25, 0.3) is 0 Å². The van der Waals surface area contributed by atoms with Crippen LogP contribution in [0.3, 0.4) is 0 Å². The number of hydrogen-bond donors (Lipinski definition) is 0. The standard InChI is InChI=1S/C15H22N6O/c1-3-12-18-15(22-19-12)10-20(2)13-9-14(17-11-16-13)21-7-5-4-6-8-21/h9,11H,3-8,10H2,1-2H3. The third-order valence-electron chi connectivity index (χ3n) is 3.91. The summed E-state index contributed by atoms with van der Waals surface area (Å²) in [6.45, 7) is 4.70. The average molecular weight is 302 g/mol. The van der Waals surface area contributed by atoms with Gasteiger partial charge in [0.2, 0.25) is 5.89 Å². The first-order valence-electron chi connectivity index (χ1n) is 7.86. The molecule has 7 nitrogen and oxygen atoms in total. The molecule has 0 spiro atoms. The number of aryl methyl sites for hydroxylation is 1. The Morgan fingerprint density at radius 2 is 2.05 bits per heavy atom. The van der Waals surface area contributed by atoms with Crippen molar-refractivity contribution in [3.8, 4) is 0 Å². The summed E-state index contributed by atoms with van der Waals surface area (Å²) >= 11 is 0. The van der Waals surface area contributed by atoms with Crippen LogP contribution < -0.4 is 9.80 Å². The fourth-order valence-corrected chi connectivity index (χ4v) is 2.62. The molecule has 0 radical (unpaired) electrons. The smallest absolute Gasteiger partial charge is 0.246 e. The van der Waals surface area contributed by atoms with Gasteiger partial charge in [0, 0.05) is 32.6 Å². The van der Waals surface area contributed by atoms with Gasteiger partial charge in [-0.2, -0.15) is 4.98 Å². The fourth-order valence-electron chi connectivity index (χ4n) is 2.62. The van der Waals surface area contributed by atoms with Crippen molar-refractivity contribution < 1.29 is 4.52 Å². The minimum atomic E-state index is 0.545. The van der Waals surface area contributed by atoms with E-state index >= 15 is 0 Å². The number of hydrogen-bond acceptors (Lipinski definition) is 7. The molecule has 2 aromatic heterocycles. The van der Waals surface area contributed by atoms with Crippen LogP contribution in [0.15, 0.2) is 16.9 Å². The monoisotopic (exact) mass is 302 g/mol. The second-order valence-corrected chi connectivity index (χ2v) is 5.60. The van der Waals surface area contributed by atoms with E-state index in [1.807, 2.05) is 24.9 Å². The van der Waals surface area contributed by atoms with Gasteiger partial charge in [0.1, 0.15) is 18.0 Å². The average Bonchev–Trinajstić information content (AvgIpc) is 3.03. The SMILES string of the molecule is CCc1noc(CN(C)c2cc(N3CCCCC3)ncn2)n1. The lowest BCUT2D eigenvalue weighted by atomic mass is 10.1. The summed E-state index contributed by atoms with van der Waals surface area (Å²) < 4.78 is 5.24. The van der Waals surface area contributed by atoms with Crippen LogP contribution in [-0.4, -0.2) is 40.2 Å². The van der Waals surface area contributed by atoms with Gasteiger partial charge in [-0.15, -0.1) is 0 Å². The summed E-state index contributed by atoms with van der Waals surface area (Å²) in [7, 11) is 1.97. The molecule has 0 amide bonds. The maximum absolute atomic E-state index is 5.24. The summed E-state index contributed by atoms with van der Waals surface area (Å²) in [5.74, 6) is 3.21. The van der Waals surface area contributed by atoms with Crippen molar-refractivity contribution in [1.82, 2.24) is 20.1 Å². The molecule has 1 saturated heterocycles. The molecule has 3 rings (SSSR count). The Balaban J connectivity index is 1.70. The lowest BCUT2D eigenvalue weighted by Crippen LogP contribution is -2.30. The third-order valence-corrected chi connectivity index (χ3v) is 3.91. The zero-order valence-electron chi connectivity index (χ0n) is 13.2. The number of anilines is 2. The van der Waals surface area contributed by atoms with Crippen LogP contribution in [0.5, 0.6) is 0 Å². The summed E-state index contributed by atoms with van der Waals surface area (Å²) in [5, 5.41) is 3.92. The van der Waals surface area contributed by atoms with Gasteiger partial charge in [-0.25, -0.2) is 9.97 Å². The maximum Gasteiger partial charge on any atom is 0.246 e. The van der Waals surface area contributed by atoms with Gasteiger partial charge in [0.15, 0.2) is 5.82 Å². The fraction of sp³-hybridized carbons (Fsp3) is 0.600. The van der Waals surface area contributed by atoms with Crippen LogP contribution in [0.1, 0.15) is 37.9 Å². The summed E-state index contributed by atoms with van der Waals surface area (Å²) in [5.41, 5.74) is 0. The Labute approximate surface area is 130 Å². The molecule has 0 N–H and O–H groups in total. The molecule has 118 valence electrons. The van der Waals surface area contributed by atoms with Crippen molar-refractivity contribution in [3.05, 3.63) is 24.1 Å². The summed E-state index contributed by atoms with van der Waals surface area (Å²) in [6.07, 6.45) is 6.18. The third kappa shape index (κ3) is 3.35. The van der Waals surface area contributed by atoms with E-state index in [9.17, 15) is 0 Å². The van der Waals surface area contributed by atoms with Crippen LogP contribution in [0.4, 0.5) is 11.6 Å². The van der Waals surface area contributed by atoms with Gasteiger partial charge in [-0.3, -0.25) is 0 Å². The molecule has 1 aliphatic rings. The van der Waals surface area contributed by atoms with E-state index in [0.29, 0.717) is 12.4 Å². The van der Waals surface area contributed by atoms with Gasteiger partial charge in [-0.05, 0) is 19.3 Å². The second-order valence-electron chi connectivity index (χ2n) is 5.60. The van der Waals surface area contributed by atoms with Crippen LogP contribution in [-0.2, 0) is 13.0 Å². The van der Waals surface area contributed by atoms with E-state index in [1.165, 1.54) is 19.3 Å². The second kappa shape index (κ2) is 6.72. The minimum absolute atomic E-state index is 0.545. The molecule has 0 bridgehead atoms. The number of aromatic nitrogens is 4. The van der Waals surface area contributed by atoms with Crippen molar-refractivity contribution in [2.75, 3.05) is 29.9 Å². The number of rotatable bonds is 5. The van der Waals surface area contributed by atoms with Gasteiger partial charge < -0.3 is 14.3 Å². The zero-order valence-corrected chi connectivity index (χ0v) is 13.2. The van der Waals surface area contributed by atoms with Crippen LogP contribution >= 0.6 is 0 Å². The molecule has 1 aliphatic heterocycles. The van der Waals surface area contributed by atoms with Crippen molar-refractivity contribution in [2.24, 2.45) is 0 Å². The molecule has 0 unspecified atom stereocenters. The highest BCUT2D eigenvalue weighted by Gasteiger charge is 2.15. The molecular formula is C15H22N6O. The molecule has 2 aromatic rings. The zero-order chi connectivity index (χ0) is 15.4. The van der Waals surface area contributed by atoms with Crippen LogP contribution in [0.2, 0.25) is 0 Å². The Kier molecular flexibility index (Phi) is 4.50. The molecule has 0 aliphatic carbocycles. The predicted molar refractivity (Wildman–Crippen MR) is 83.9 cm³/mol. The largest absolute Gasteiger partial charge is 0.356 e. The first-order chi connectivity index (χ1) is 10.8. The van der Waals surface area contributed by atoms with Crippen LogP contribution in [0, 0.1) is 0 Å². The molecule has 0 aromatic carbocycles. The quantitative estimate of drug-likeness (QED) is 0.837. The Morgan fingerprint density at radius 3 is 2.77 bits per heavy atom. The Bertz CT molecular complexity index is 608. The van der Waals surface area contributed by atoms with Gasteiger partial charge in [-0.1, -0.05) is 12.1 Å². The topological polar surface area (TPSA) is 71.2 Å². The normalized spacial score (nSPS) is 15.1. The first kappa shape index (κ1) is 14.7. The Morgan fingerprint density at radius 1 is 1.23 bits per heavy atom. The predicted octanol–water partition coefficient (Wildman–Crippen LogP) is 2.05. The van der Waals surface area contributed by atoms with E-state index in [-0.39, 0.29) is 0 Å². The van der Waals surface area contributed by atoms with E-state index in [0.717, 1.165) is 37.0 Å². The van der Waals surface area contributed by atoms with Crippen molar-refractivity contribution >= 4 is 11.6 Å². The molecule has 0 atom stereocenters. The minimum Gasteiger partial charge on any atom is -0.356 e. The molecule has 0 saturated carbocycles.